The Balaban J connectivity index is 2.93. The minimum Gasteiger partial charge on any atom is -0.303 e. The van der Waals surface area contributed by atoms with Crippen LogP contribution in [-0.2, 0) is 11.2 Å². The molecule has 0 aromatic heterocycles. The first-order valence-corrected chi connectivity index (χ1v) is 3.29. The van der Waals surface area contributed by atoms with Crippen LogP contribution >= 0.6 is 0 Å². The third-order valence-corrected chi connectivity index (χ3v) is 1.38. The Labute approximate surface area is 65.1 Å². The third-order valence-electron chi connectivity index (χ3n) is 1.38. The molecule has 1 rings (SSSR count). The molecule has 0 aliphatic rings. The highest BCUT2D eigenvalue weighted by atomic mass is 16.1. The van der Waals surface area contributed by atoms with Gasteiger partial charge in [0, 0.05) is 6.42 Å². The lowest BCUT2D eigenvalue weighted by atomic mass is 10.1. The van der Waals surface area contributed by atoms with Crippen LogP contribution in [0.3, 0.4) is 0 Å². The average Bonchev–Trinajstić information content (AvgIpc) is 2.06. The predicted octanol–water partition coefficient (Wildman–Crippen LogP) is 1.30. The first kappa shape index (κ1) is 7.49. The van der Waals surface area contributed by atoms with E-state index >= 15 is 0 Å². The number of hydrogen-bond donors (Lipinski definition) is 0. The second-order valence-electron chi connectivity index (χ2n) is 2.18. The van der Waals surface area contributed by atoms with E-state index < -0.39 is 0 Å². The zero-order chi connectivity index (χ0) is 8.10. The van der Waals surface area contributed by atoms with Crippen molar-refractivity contribution in [1.29, 1.82) is 5.26 Å². The standard InChI is InChI=1S/C9H7NO/c10-7-9-3-1-2-8(6-9)4-5-11/h1-3,5-6H,4H2. The second kappa shape index (κ2) is 3.52. The highest BCUT2D eigenvalue weighted by Crippen LogP contribution is 2.03. The van der Waals surface area contributed by atoms with Gasteiger partial charge in [-0.2, -0.15) is 5.26 Å². The van der Waals surface area contributed by atoms with Crippen molar-refractivity contribution in [3.8, 4) is 6.07 Å². The molecule has 2 nitrogen and oxygen atoms in total. The zero-order valence-corrected chi connectivity index (χ0v) is 5.95. The summed E-state index contributed by atoms with van der Waals surface area (Å²) >= 11 is 0. The highest BCUT2D eigenvalue weighted by Gasteiger charge is 1.92. The largest absolute Gasteiger partial charge is 0.303 e. The van der Waals surface area contributed by atoms with E-state index in [0.29, 0.717) is 12.0 Å². The van der Waals surface area contributed by atoms with E-state index in [9.17, 15) is 4.79 Å². The van der Waals surface area contributed by atoms with Crippen LogP contribution in [0.4, 0.5) is 0 Å². The minimum absolute atomic E-state index is 0.384. The second-order valence-corrected chi connectivity index (χ2v) is 2.18. The highest BCUT2D eigenvalue weighted by molar-refractivity contribution is 5.55. The summed E-state index contributed by atoms with van der Waals surface area (Å²) in [6, 6.07) is 9.05. The number of benzene rings is 1. The molecule has 0 N–H and O–H groups in total. The number of aldehydes is 1. The molecule has 0 saturated heterocycles. The maximum absolute atomic E-state index is 10.1. The average molecular weight is 145 g/mol. The van der Waals surface area contributed by atoms with E-state index in [1.165, 1.54) is 0 Å². The van der Waals surface area contributed by atoms with Gasteiger partial charge in [-0.05, 0) is 17.7 Å². The molecule has 0 radical (unpaired) electrons. The molecule has 0 atom stereocenters. The Morgan fingerprint density at radius 1 is 1.55 bits per heavy atom. The van der Waals surface area contributed by atoms with E-state index in [1.807, 2.05) is 12.1 Å². The minimum atomic E-state index is 0.384. The van der Waals surface area contributed by atoms with Crippen LogP contribution in [0.5, 0.6) is 0 Å². The molecule has 11 heavy (non-hydrogen) atoms. The quantitative estimate of drug-likeness (QED) is 0.588. The van der Waals surface area contributed by atoms with E-state index in [0.717, 1.165) is 11.8 Å². The van der Waals surface area contributed by atoms with Crippen LogP contribution < -0.4 is 0 Å². The Morgan fingerprint density at radius 3 is 3.00 bits per heavy atom. The first-order chi connectivity index (χ1) is 5.36. The van der Waals surface area contributed by atoms with Crippen molar-refractivity contribution in [3.63, 3.8) is 0 Å². The molecule has 0 heterocycles. The molecule has 54 valence electrons. The molecule has 0 amide bonds. The maximum atomic E-state index is 10.1. The van der Waals surface area contributed by atoms with E-state index in [-0.39, 0.29) is 0 Å². The van der Waals surface area contributed by atoms with Gasteiger partial charge in [-0.15, -0.1) is 0 Å². The molecule has 1 aromatic rings. The summed E-state index contributed by atoms with van der Waals surface area (Å²) in [5, 5.41) is 8.49. The van der Waals surface area contributed by atoms with Crippen molar-refractivity contribution in [2.75, 3.05) is 0 Å². The van der Waals surface area contributed by atoms with Crippen LogP contribution in [0.15, 0.2) is 24.3 Å². The first-order valence-electron chi connectivity index (χ1n) is 3.29. The normalized spacial score (nSPS) is 8.64. The summed E-state index contributed by atoms with van der Waals surface area (Å²) in [6.07, 6.45) is 1.21. The number of nitrogens with zero attached hydrogens (tertiary/aromatic N) is 1. The summed E-state index contributed by atoms with van der Waals surface area (Å²) in [7, 11) is 0. The van der Waals surface area contributed by atoms with Crippen molar-refractivity contribution in [2.45, 2.75) is 6.42 Å². The molecule has 0 aliphatic carbocycles. The van der Waals surface area contributed by atoms with E-state index in [2.05, 4.69) is 0 Å². The van der Waals surface area contributed by atoms with E-state index in [4.69, 9.17) is 5.26 Å². The van der Waals surface area contributed by atoms with Gasteiger partial charge in [-0.3, -0.25) is 0 Å². The molecular weight excluding hydrogens is 138 g/mol. The molecule has 0 saturated carbocycles. The number of rotatable bonds is 2. The smallest absolute Gasteiger partial charge is 0.124 e. The molecule has 0 spiro atoms. The molecule has 0 aliphatic heterocycles. The topological polar surface area (TPSA) is 40.9 Å². The van der Waals surface area contributed by atoms with Crippen LogP contribution in [0, 0.1) is 11.3 Å². The molecule has 1 aromatic carbocycles. The lowest BCUT2D eigenvalue weighted by Crippen LogP contribution is -1.85. The molecule has 0 bridgehead atoms. The van der Waals surface area contributed by atoms with Crippen molar-refractivity contribution >= 4 is 6.29 Å². The summed E-state index contributed by atoms with van der Waals surface area (Å²) in [5.41, 5.74) is 1.49. The lowest BCUT2D eigenvalue weighted by molar-refractivity contribution is -0.107. The number of nitriles is 1. The predicted molar refractivity (Wildman–Crippen MR) is 40.9 cm³/mol. The fourth-order valence-corrected chi connectivity index (χ4v) is 0.864. The summed E-state index contributed by atoms with van der Waals surface area (Å²) < 4.78 is 0. The van der Waals surface area contributed by atoms with Crippen molar-refractivity contribution in [1.82, 2.24) is 0 Å². The van der Waals surface area contributed by atoms with Crippen molar-refractivity contribution in [3.05, 3.63) is 35.4 Å². The SMILES string of the molecule is N#Cc1cccc(CC=O)c1. The Kier molecular flexibility index (Phi) is 2.40. The van der Waals surface area contributed by atoms with Gasteiger partial charge >= 0.3 is 0 Å². The molecular formula is C9H7NO. The van der Waals surface area contributed by atoms with Crippen LogP contribution in [0.1, 0.15) is 11.1 Å². The van der Waals surface area contributed by atoms with Crippen LogP contribution in [0.2, 0.25) is 0 Å². The third kappa shape index (κ3) is 1.91. The van der Waals surface area contributed by atoms with Crippen molar-refractivity contribution < 1.29 is 4.79 Å². The molecule has 0 fully saturated rings. The molecule has 2 heteroatoms. The zero-order valence-electron chi connectivity index (χ0n) is 5.95. The molecule has 0 unspecified atom stereocenters. The summed E-state index contributed by atoms with van der Waals surface area (Å²) in [4.78, 5) is 10.1. The van der Waals surface area contributed by atoms with Gasteiger partial charge in [0.25, 0.3) is 0 Å². The lowest BCUT2D eigenvalue weighted by Gasteiger charge is -1.93. The number of carbonyl (C=O) groups is 1. The fraction of sp³-hybridized carbons (Fsp3) is 0.111. The summed E-state index contributed by atoms with van der Waals surface area (Å²) in [5.74, 6) is 0. The summed E-state index contributed by atoms with van der Waals surface area (Å²) in [6.45, 7) is 0. The maximum Gasteiger partial charge on any atom is 0.124 e. The van der Waals surface area contributed by atoms with Gasteiger partial charge in [0.15, 0.2) is 0 Å². The Morgan fingerprint density at radius 2 is 2.36 bits per heavy atom. The van der Waals surface area contributed by atoms with E-state index in [1.54, 1.807) is 18.2 Å². The van der Waals surface area contributed by atoms with Crippen molar-refractivity contribution in [2.24, 2.45) is 0 Å². The van der Waals surface area contributed by atoms with Gasteiger partial charge in [-0.1, -0.05) is 12.1 Å². The van der Waals surface area contributed by atoms with Crippen LogP contribution in [-0.4, -0.2) is 6.29 Å². The van der Waals surface area contributed by atoms with Crippen LogP contribution in [0.25, 0.3) is 0 Å². The number of carbonyl (C=O) groups excluding carboxylic acids is 1. The van der Waals surface area contributed by atoms with Gasteiger partial charge in [0.2, 0.25) is 0 Å². The Bertz CT molecular complexity index is 299. The number of hydrogen-bond acceptors (Lipinski definition) is 2. The Hall–Kier alpha value is -1.62. The van der Waals surface area contributed by atoms with Gasteiger partial charge in [0.05, 0.1) is 11.6 Å². The fourth-order valence-electron chi connectivity index (χ4n) is 0.864. The monoisotopic (exact) mass is 145 g/mol. The van der Waals surface area contributed by atoms with Gasteiger partial charge in [0.1, 0.15) is 6.29 Å². The van der Waals surface area contributed by atoms with Gasteiger partial charge in [-0.25, -0.2) is 0 Å². The van der Waals surface area contributed by atoms with Gasteiger partial charge < -0.3 is 4.79 Å².